The van der Waals surface area contributed by atoms with Crippen LogP contribution >= 0.6 is 11.6 Å². The summed E-state index contributed by atoms with van der Waals surface area (Å²) in [6, 6.07) is 6.00. The average Bonchev–Trinajstić information content (AvgIpc) is 2.55. The lowest BCUT2D eigenvalue weighted by atomic mass is 9.95. The van der Waals surface area contributed by atoms with Crippen LogP contribution in [0.2, 0.25) is 5.02 Å². The molecule has 0 bridgehead atoms. The zero-order chi connectivity index (χ0) is 15.8. The Balaban J connectivity index is 0.000000164. The van der Waals surface area contributed by atoms with E-state index < -0.39 is 0 Å². The van der Waals surface area contributed by atoms with Crippen LogP contribution in [0.25, 0.3) is 10.8 Å². The molecule has 1 fully saturated rings. The van der Waals surface area contributed by atoms with Gasteiger partial charge in [-0.05, 0) is 49.4 Å². The predicted octanol–water partition coefficient (Wildman–Crippen LogP) is 4.91. The highest BCUT2D eigenvalue weighted by Gasteiger charge is 2.10. The quantitative estimate of drug-likeness (QED) is 0.844. The molecule has 3 rings (SSSR count). The number of aromatic hydroxyl groups is 1. The lowest BCUT2D eigenvalue weighted by Crippen LogP contribution is -2.31. The van der Waals surface area contributed by atoms with Gasteiger partial charge in [-0.25, -0.2) is 0 Å². The van der Waals surface area contributed by atoms with E-state index >= 15 is 0 Å². The van der Waals surface area contributed by atoms with E-state index in [2.05, 4.69) is 17.2 Å². The van der Waals surface area contributed by atoms with Crippen molar-refractivity contribution in [3.63, 3.8) is 0 Å². The molecular formula is C18H25ClN2O. The molecule has 120 valence electrons. The maximum absolute atomic E-state index is 9.26. The highest BCUT2D eigenvalue weighted by atomic mass is 35.5. The molecule has 1 aromatic carbocycles. The summed E-state index contributed by atoms with van der Waals surface area (Å²) in [6.07, 6.45) is 11.8. The number of nitrogens with one attached hydrogen (secondary N) is 1. The van der Waals surface area contributed by atoms with Crippen molar-refractivity contribution in [1.29, 1.82) is 0 Å². The molecule has 1 aromatic heterocycles. The van der Waals surface area contributed by atoms with Gasteiger partial charge in [-0.3, -0.25) is 4.98 Å². The van der Waals surface area contributed by atoms with Crippen LogP contribution in [0.4, 0.5) is 0 Å². The van der Waals surface area contributed by atoms with Crippen molar-refractivity contribution in [2.24, 2.45) is 0 Å². The minimum absolute atomic E-state index is 0.107. The molecule has 0 amide bonds. The Hall–Kier alpha value is -1.32. The van der Waals surface area contributed by atoms with Gasteiger partial charge in [0.25, 0.3) is 0 Å². The lowest BCUT2D eigenvalue weighted by Gasteiger charge is -2.22. The van der Waals surface area contributed by atoms with Crippen molar-refractivity contribution < 1.29 is 5.11 Å². The van der Waals surface area contributed by atoms with Gasteiger partial charge in [-0.1, -0.05) is 37.8 Å². The van der Waals surface area contributed by atoms with Gasteiger partial charge in [0.2, 0.25) is 0 Å². The Bertz CT molecular complexity index is 542. The molecule has 0 saturated heterocycles. The van der Waals surface area contributed by atoms with Crippen molar-refractivity contribution in [1.82, 2.24) is 10.3 Å². The van der Waals surface area contributed by atoms with Crippen LogP contribution in [-0.4, -0.2) is 22.7 Å². The van der Waals surface area contributed by atoms with Crippen LogP contribution in [0, 0.1) is 0 Å². The summed E-state index contributed by atoms with van der Waals surface area (Å²) in [5.41, 5.74) is 0. The fraction of sp³-hybridized carbons (Fsp3) is 0.500. The van der Waals surface area contributed by atoms with E-state index in [9.17, 15) is 5.11 Å². The molecule has 3 nitrogen and oxygen atoms in total. The molecule has 0 unspecified atom stereocenters. The van der Waals surface area contributed by atoms with E-state index in [1.54, 1.807) is 24.5 Å². The summed E-state index contributed by atoms with van der Waals surface area (Å²) in [4.78, 5) is 3.94. The van der Waals surface area contributed by atoms with E-state index in [4.69, 9.17) is 11.6 Å². The van der Waals surface area contributed by atoms with Crippen LogP contribution in [0.15, 0.2) is 30.6 Å². The molecule has 2 N–H and O–H groups in total. The van der Waals surface area contributed by atoms with Crippen LogP contribution in [0.1, 0.15) is 45.4 Å². The van der Waals surface area contributed by atoms with Crippen LogP contribution < -0.4 is 5.32 Å². The highest BCUT2D eigenvalue weighted by molar-refractivity contribution is 6.32. The Morgan fingerprint density at radius 2 is 2.00 bits per heavy atom. The van der Waals surface area contributed by atoms with Crippen molar-refractivity contribution in [2.75, 3.05) is 6.54 Å². The van der Waals surface area contributed by atoms with Crippen LogP contribution in [-0.2, 0) is 0 Å². The Morgan fingerprint density at radius 1 is 1.23 bits per heavy atom. The van der Waals surface area contributed by atoms with E-state index in [1.165, 1.54) is 45.1 Å². The van der Waals surface area contributed by atoms with Gasteiger partial charge in [0.15, 0.2) is 0 Å². The summed E-state index contributed by atoms with van der Waals surface area (Å²) in [7, 11) is 0. The van der Waals surface area contributed by atoms with Gasteiger partial charge < -0.3 is 10.4 Å². The maximum Gasteiger partial charge on any atom is 0.134 e. The topological polar surface area (TPSA) is 45.1 Å². The zero-order valence-electron chi connectivity index (χ0n) is 13.2. The minimum atomic E-state index is 0.107. The molecule has 0 atom stereocenters. The van der Waals surface area contributed by atoms with Crippen molar-refractivity contribution in [2.45, 2.75) is 51.5 Å². The summed E-state index contributed by atoms with van der Waals surface area (Å²) < 4.78 is 0. The first-order valence-electron chi connectivity index (χ1n) is 8.16. The van der Waals surface area contributed by atoms with Crippen LogP contribution in [0.3, 0.4) is 0 Å². The number of hydrogen-bond acceptors (Lipinski definition) is 3. The number of hydrogen-bond donors (Lipinski definition) is 2. The number of halogens is 1. The van der Waals surface area contributed by atoms with Crippen molar-refractivity contribution in [3.8, 4) is 5.75 Å². The minimum Gasteiger partial charge on any atom is -0.506 e. The maximum atomic E-state index is 9.26. The standard InChI is InChI=1S/C9H6ClNO.C9H19N/c10-8-3-7-5-11-2-1-6(7)4-9(8)12;1-2-8-10-9-6-4-3-5-7-9/h1-5,12H;9-10H,2-8H2,1H3. The predicted molar refractivity (Wildman–Crippen MR) is 93.6 cm³/mol. The fourth-order valence-corrected chi connectivity index (χ4v) is 2.92. The number of phenolic OH excluding ortho intramolecular Hbond substituents is 1. The second-order valence-electron chi connectivity index (χ2n) is 5.82. The first-order valence-corrected chi connectivity index (χ1v) is 8.54. The second-order valence-corrected chi connectivity index (χ2v) is 6.22. The van der Waals surface area contributed by atoms with Gasteiger partial charge in [-0.15, -0.1) is 0 Å². The average molecular weight is 321 g/mol. The molecule has 4 heteroatoms. The van der Waals surface area contributed by atoms with E-state index in [0.29, 0.717) is 5.02 Å². The Morgan fingerprint density at radius 3 is 2.73 bits per heavy atom. The molecular weight excluding hydrogens is 296 g/mol. The summed E-state index contributed by atoms with van der Waals surface area (Å²) in [5, 5.41) is 15.1. The molecule has 1 saturated carbocycles. The number of benzene rings is 1. The largest absolute Gasteiger partial charge is 0.506 e. The molecule has 2 aromatic rings. The van der Waals surface area contributed by atoms with Crippen LogP contribution in [0.5, 0.6) is 5.75 Å². The van der Waals surface area contributed by atoms with Gasteiger partial charge in [0.05, 0.1) is 5.02 Å². The molecule has 0 radical (unpaired) electrons. The Kier molecular flexibility index (Phi) is 6.94. The second kappa shape index (κ2) is 8.96. The highest BCUT2D eigenvalue weighted by Crippen LogP contribution is 2.27. The molecule has 1 aliphatic rings. The van der Waals surface area contributed by atoms with E-state index in [1.807, 2.05) is 6.07 Å². The van der Waals surface area contributed by atoms with E-state index in [0.717, 1.165) is 16.8 Å². The molecule has 0 aliphatic heterocycles. The number of phenols is 1. The monoisotopic (exact) mass is 320 g/mol. The first-order chi connectivity index (χ1) is 10.7. The first kappa shape index (κ1) is 17.0. The number of nitrogens with zero attached hydrogens (tertiary/aromatic N) is 1. The van der Waals surface area contributed by atoms with Gasteiger partial charge >= 0.3 is 0 Å². The summed E-state index contributed by atoms with van der Waals surface area (Å²) in [6.45, 7) is 3.44. The van der Waals surface area contributed by atoms with Gasteiger partial charge in [0.1, 0.15) is 5.75 Å². The smallest absolute Gasteiger partial charge is 0.134 e. The zero-order valence-corrected chi connectivity index (χ0v) is 13.9. The summed E-state index contributed by atoms with van der Waals surface area (Å²) >= 11 is 5.71. The SMILES string of the molecule is CCCNC1CCCCC1.Oc1cc2ccncc2cc1Cl. The molecule has 1 heterocycles. The van der Waals surface area contributed by atoms with E-state index in [-0.39, 0.29) is 5.75 Å². The molecule has 22 heavy (non-hydrogen) atoms. The van der Waals surface area contributed by atoms with Gasteiger partial charge in [-0.2, -0.15) is 0 Å². The lowest BCUT2D eigenvalue weighted by molar-refractivity contribution is 0.374. The molecule has 1 aliphatic carbocycles. The number of aromatic nitrogens is 1. The third kappa shape index (κ3) is 5.15. The summed E-state index contributed by atoms with van der Waals surface area (Å²) in [5.74, 6) is 0.107. The molecule has 0 spiro atoms. The third-order valence-electron chi connectivity index (χ3n) is 3.99. The van der Waals surface area contributed by atoms with Gasteiger partial charge in [0, 0.05) is 23.8 Å². The normalized spacial score (nSPS) is 15.4. The van der Waals surface area contributed by atoms with Crippen molar-refractivity contribution in [3.05, 3.63) is 35.6 Å². The fourth-order valence-electron chi connectivity index (χ4n) is 2.75. The number of fused-ring (bicyclic) bond motifs is 1. The Labute approximate surface area is 137 Å². The third-order valence-corrected chi connectivity index (χ3v) is 4.30. The number of rotatable bonds is 3. The van der Waals surface area contributed by atoms with Crippen molar-refractivity contribution >= 4 is 22.4 Å². The number of pyridine rings is 1.